The van der Waals surface area contributed by atoms with Crippen LogP contribution in [0, 0.1) is 0 Å². The summed E-state index contributed by atoms with van der Waals surface area (Å²) in [5, 5.41) is 6.96. The lowest BCUT2D eigenvalue weighted by molar-refractivity contribution is 0.493. The fourth-order valence-corrected chi connectivity index (χ4v) is 2.86. The summed E-state index contributed by atoms with van der Waals surface area (Å²) in [6, 6.07) is 1.66. The molecule has 98 valence electrons. The second kappa shape index (κ2) is 6.73. The summed E-state index contributed by atoms with van der Waals surface area (Å²) in [6.45, 7) is 3.07. The molecule has 0 aliphatic rings. The van der Waals surface area contributed by atoms with E-state index >= 15 is 0 Å². The largest absolute Gasteiger partial charge is 0.320 e. The highest BCUT2D eigenvalue weighted by molar-refractivity contribution is 7.89. The Bertz CT molecular complexity index is 402. The van der Waals surface area contributed by atoms with Crippen LogP contribution in [-0.2, 0) is 16.6 Å². The monoisotopic (exact) mass is 260 g/mol. The van der Waals surface area contributed by atoms with Crippen molar-refractivity contribution in [2.24, 2.45) is 0 Å². The van der Waals surface area contributed by atoms with Crippen molar-refractivity contribution in [2.45, 2.75) is 25.9 Å². The van der Waals surface area contributed by atoms with Crippen LogP contribution in [0.4, 0.5) is 0 Å². The third-order valence-corrected chi connectivity index (χ3v) is 3.83. The lowest BCUT2D eigenvalue weighted by atomic mass is 10.4. The molecule has 0 saturated carbocycles. The van der Waals surface area contributed by atoms with Gasteiger partial charge in [-0.25, -0.2) is 13.1 Å². The normalized spacial score (nSPS) is 13.8. The van der Waals surface area contributed by atoms with Crippen molar-refractivity contribution >= 4 is 10.0 Å². The maximum absolute atomic E-state index is 11.7. The predicted octanol–water partition coefficient (Wildman–Crippen LogP) is -0.199. The van der Waals surface area contributed by atoms with Crippen LogP contribution in [0.25, 0.3) is 0 Å². The summed E-state index contributed by atoms with van der Waals surface area (Å²) >= 11 is 0. The lowest BCUT2D eigenvalue weighted by Gasteiger charge is -2.14. The van der Waals surface area contributed by atoms with E-state index in [4.69, 9.17) is 0 Å². The molecule has 0 saturated heterocycles. The lowest BCUT2D eigenvalue weighted by Crippen LogP contribution is -2.37. The van der Waals surface area contributed by atoms with Gasteiger partial charge in [-0.3, -0.25) is 4.68 Å². The van der Waals surface area contributed by atoms with E-state index in [2.05, 4.69) is 15.1 Å². The summed E-state index contributed by atoms with van der Waals surface area (Å²) in [7, 11) is -1.38. The number of hydrogen-bond acceptors (Lipinski definition) is 4. The Kier molecular flexibility index (Phi) is 5.60. The molecule has 2 N–H and O–H groups in total. The molecular formula is C10H20N4O2S. The molecule has 0 aromatic carbocycles. The Balaban J connectivity index is 2.36. The van der Waals surface area contributed by atoms with Gasteiger partial charge < -0.3 is 5.32 Å². The third-order valence-electron chi connectivity index (χ3n) is 2.24. The third kappa shape index (κ3) is 5.81. The molecule has 1 heterocycles. The Hall–Kier alpha value is -0.920. The van der Waals surface area contributed by atoms with Crippen LogP contribution in [0.5, 0.6) is 0 Å². The van der Waals surface area contributed by atoms with Gasteiger partial charge in [-0.05, 0) is 33.0 Å². The number of nitrogens with zero attached hydrogens (tertiary/aromatic N) is 2. The van der Waals surface area contributed by atoms with Crippen LogP contribution < -0.4 is 10.0 Å². The minimum atomic E-state index is -3.19. The summed E-state index contributed by atoms with van der Waals surface area (Å²) in [6.07, 6.45) is 4.10. The first kappa shape index (κ1) is 14.1. The molecule has 0 fully saturated rings. The van der Waals surface area contributed by atoms with E-state index in [9.17, 15) is 8.42 Å². The number of hydrogen-bond donors (Lipinski definition) is 2. The summed E-state index contributed by atoms with van der Waals surface area (Å²) in [5.74, 6) is 0.150. The SMILES string of the molecule is CNCCCS(=O)(=O)NC(C)Cn1cccn1. The quantitative estimate of drug-likeness (QED) is 0.635. The first-order valence-corrected chi connectivity index (χ1v) is 7.31. The van der Waals surface area contributed by atoms with Gasteiger partial charge >= 0.3 is 0 Å². The van der Waals surface area contributed by atoms with Gasteiger partial charge in [0.15, 0.2) is 0 Å². The minimum absolute atomic E-state index is 0.150. The Morgan fingerprint density at radius 2 is 2.24 bits per heavy atom. The molecule has 6 nitrogen and oxygen atoms in total. The second-order valence-corrected chi connectivity index (χ2v) is 5.90. The molecule has 0 radical (unpaired) electrons. The molecule has 0 spiro atoms. The number of rotatable bonds is 8. The zero-order valence-corrected chi connectivity index (χ0v) is 11.1. The van der Waals surface area contributed by atoms with E-state index < -0.39 is 10.0 Å². The molecule has 1 aromatic heterocycles. The van der Waals surface area contributed by atoms with E-state index in [1.54, 1.807) is 17.9 Å². The van der Waals surface area contributed by atoms with Gasteiger partial charge in [-0.15, -0.1) is 0 Å². The van der Waals surface area contributed by atoms with Crippen LogP contribution in [0.1, 0.15) is 13.3 Å². The number of sulfonamides is 1. The summed E-state index contributed by atoms with van der Waals surface area (Å²) in [4.78, 5) is 0. The fourth-order valence-electron chi connectivity index (χ4n) is 1.53. The molecular weight excluding hydrogens is 240 g/mol. The number of nitrogens with one attached hydrogen (secondary N) is 2. The van der Waals surface area contributed by atoms with Gasteiger partial charge in [0.05, 0.1) is 12.3 Å². The second-order valence-electron chi connectivity index (χ2n) is 4.02. The van der Waals surface area contributed by atoms with Crippen molar-refractivity contribution in [3.05, 3.63) is 18.5 Å². The highest BCUT2D eigenvalue weighted by Gasteiger charge is 2.14. The molecule has 0 amide bonds. The van der Waals surface area contributed by atoms with Crippen molar-refractivity contribution in [3.63, 3.8) is 0 Å². The van der Waals surface area contributed by atoms with Crippen LogP contribution in [0.3, 0.4) is 0 Å². The first-order valence-electron chi connectivity index (χ1n) is 5.65. The fraction of sp³-hybridized carbons (Fsp3) is 0.700. The van der Waals surface area contributed by atoms with Crippen molar-refractivity contribution in [1.29, 1.82) is 0 Å². The zero-order chi connectivity index (χ0) is 12.7. The standard InChI is InChI=1S/C10H20N4O2S/c1-10(9-14-7-3-6-12-14)13-17(15,16)8-4-5-11-2/h3,6-7,10-11,13H,4-5,8-9H2,1-2H3. The molecule has 7 heteroatoms. The first-order chi connectivity index (χ1) is 8.03. The van der Waals surface area contributed by atoms with Crippen molar-refractivity contribution in [2.75, 3.05) is 19.3 Å². The highest BCUT2D eigenvalue weighted by atomic mass is 32.2. The molecule has 0 aliphatic heterocycles. The van der Waals surface area contributed by atoms with Gasteiger partial charge in [0.2, 0.25) is 10.0 Å². The molecule has 1 unspecified atom stereocenters. The minimum Gasteiger partial charge on any atom is -0.320 e. The van der Waals surface area contributed by atoms with Crippen molar-refractivity contribution in [3.8, 4) is 0 Å². The Morgan fingerprint density at radius 1 is 1.47 bits per heavy atom. The van der Waals surface area contributed by atoms with Gasteiger partial charge in [0.1, 0.15) is 0 Å². The van der Waals surface area contributed by atoms with E-state index in [1.807, 2.05) is 19.2 Å². The number of aromatic nitrogens is 2. The average Bonchev–Trinajstić information content (AvgIpc) is 2.69. The molecule has 17 heavy (non-hydrogen) atoms. The van der Waals surface area contributed by atoms with Crippen LogP contribution >= 0.6 is 0 Å². The van der Waals surface area contributed by atoms with Gasteiger partial charge in [0.25, 0.3) is 0 Å². The highest BCUT2D eigenvalue weighted by Crippen LogP contribution is 1.95. The maximum Gasteiger partial charge on any atom is 0.211 e. The van der Waals surface area contributed by atoms with Gasteiger partial charge in [-0.2, -0.15) is 5.10 Å². The van der Waals surface area contributed by atoms with E-state index in [-0.39, 0.29) is 11.8 Å². The molecule has 0 bridgehead atoms. The van der Waals surface area contributed by atoms with Crippen molar-refractivity contribution in [1.82, 2.24) is 19.8 Å². The Morgan fingerprint density at radius 3 is 2.82 bits per heavy atom. The molecule has 1 rings (SSSR count). The van der Waals surface area contributed by atoms with Crippen LogP contribution in [-0.4, -0.2) is 43.6 Å². The van der Waals surface area contributed by atoms with Crippen LogP contribution in [0.2, 0.25) is 0 Å². The maximum atomic E-state index is 11.7. The smallest absolute Gasteiger partial charge is 0.211 e. The topological polar surface area (TPSA) is 76.0 Å². The molecule has 1 aromatic rings. The van der Waals surface area contributed by atoms with Gasteiger partial charge in [-0.1, -0.05) is 0 Å². The molecule has 0 aliphatic carbocycles. The van der Waals surface area contributed by atoms with E-state index in [0.717, 1.165) is 0 Å². The predicted molar refractivity (Wildman–Crippen MR) is 67.2 cm³/mol. The summed E-state index contributed by atoms with van der Waals surface area (Å²) in [5.41, 5.74) is 0. The van der Waals surface area contributed by atoms with E-state index in [1.165, 1.54) is 0 Å². The molecule has 1 atom stereocenters. The van der Waals surface area contributed by atoms with E-state index in [0.29, 0.717) is 19.5 Å². The van der Waals surface area contributed by atoms with Gasteiger partial charge in [0, 0.05) is 18.4 Å². The Labute approximate surface area is 102 Å². The zero-order valence-electron chi connectivity index (χ0n) is 10.3. The van der Waals surface area contributed by atoms with Crippen LogP contribution in [0.15, 0.2) is 18.5 Å². The summed E-state index contributed by atoms with van der Waals surface area (Å²) < 4.78 is 27.7. The average molecular weight is 260 g/mol. The van der Waals surface area contributed by atoms with Crippen molar-refractivity contribution < 1.29 is 8.42 Å².